The molecule has 0 radical (unpaired) electrons. The molecule has 0 bridgehead atoms. The average molecular weight is 318 g/mol. The molecule has 0 fully saturated rings. The molecule has 0 amide bonds. The van der Waals surface area contributed by atoms with E-state index in [0.29, 0.717) is 13.2 Å². The van der Waals surface area contributed by atoms with Gasteiger partial charge in [-0.15, -0.1) is 0 Å². The first kappa shape index (κ1) is 15.3. The lowest BCUT2D eigenvalue weighted by Gasteiger charge is -2.07. The number of rotatable bonds is 9. The van der Waals surface area contributed by atoms with Crippen LogP contribution in [0.4, 0.5) is 5.82 Å². The minimum absolute atomic E-state index is 0.645. The van der Waals surface area contributed by atoms with Crippen molar-refractivity contribution in [3.8, 4) is 0 Å². The van der Waals surface area contributed by atoms with E-state index in [-0.39, 0.29) is 0 Å². The van der Waals surface area contributed by atoms with Crippen molar-refractivity contribution in [2.24, 2.45) is 0 Å². The highest BCUT2D eigenvalue weighted by atomic mass is 79.9. The summed E-state index contributed by atoms with van der Waals surface area (Å²) >= 11 is 3.38. The Hall–Kier alpha value is -0.720. The van der Waals surface area contributed by atoms with Crippen molar-refractivity contribution in [3.05, 3.63) is 16.5 Å². The summed E-state index contributed by atoms with van der Waals surface area (Å²) < 4.78 is 11.1. The van der Waals surface area contributed by atoms with Gasteiger partial charge in [-0.2, -0.15) is 0 Å². The third kappa shape index (κ3) is 6.28. The molecule has 18 heavy (non-hydrogen) atoms. The highest BCUT2D eigenvalue weighted by Gasteiger charge is 2.00. The zero-order valence-corrected chi connectivity index (χ0v) is 12.5. The normalized spacial score (nSPS) is 10.6. The molecule has 1 aromatic heterocycles. The SMILES string of the molecule is CCc1nc(Br)cc(NCCCOCCOC)n1. The summed E-state index contributed by atoms with van der Waals surface area (Å²) in [6.07, 6.45) is 1.76. The van der Waals surface area contributed by atoms with E-state index in [1.54, 1.807) is 7.11 Å². The van der Waals surface area contributed by atoms with E-state index in [2.05, 4.69) is 31.2 Å². The lowest BCUT2D eigenvalue weighted by atomic mass is 10.4. The van der Waals surface area contributed by atoms with Crippen LogP contribution >= 0.6 is 15.9 Å². The first-order chi connectivity index (χ1) is 8.76. The van der Waals surface area contributed by atoms with Gasteiger partial charge in [0.05, 0.1) is 13.2 Å². The fraction of sp³-hybridized carbons (Fsp3) is 0.667. The van der Waals surface area contributed by atoms with Crippen LogP contribution < -0.4 is 5.32 Å². The van der Waals surface area contributed by atoms with Gasteiger partial charge in [0.1, 0.15) is 16.2 Å². The molecule has 6 heteroatoms. The van der Waals surface area contributed by atoms with Crippen molar-refractivity contribution in [1.82, 2.24) is 9.97 Å². The lowest BCUT2D eigenvalue weighted by molar-refractivity contribution is 0.0705. The van der Waals surface area contributed by atoms with Gasteiger partial charge >= 0.3 is 0 Å². The lowest BCUT2D eigenvalue weighted by Crippen LogP contribution is -2.10. The minimum atomic E-state index is 0.645. The number of nitrogens with one attached hydrogen (secondary N) is 1. The van der Waals surface area contributed by atoms with Crippen molar-refractivity contribution in [2.45, 2.75) is 19.8 Å². The predicted molar refractivity (Wildman–Crippen MR) is 74.9 cm³/mol. The van der Waals surface area contributed by atoms with Crippen LogP contribution in [0.5, 0.6) is 0 Å². The summed E-state index contributed by atoms with van der Waals surface area (Å²) in [5, 5.41) is 3.26. The number of aromatic nitrogens is 2. The molecule has 0 spiro atoms. The molecule has 1 aromatic rings. The molecule has 1 N–H and O–H groups in total. The second kappa shape index (κ2) is 9.24. The van der Waals surface area contributed by atoms with Gasteiger partial charge in [0.2, 0.25) is 0 Å². The van der Waals surface area contributed by atoms with Crippen LogP contribution in [0.2, 0.25) is 0 Å². The van der Waals surface area contributed by atoms with Gasteiger partial charge in [-0.3, -0.25) is 0 Å². The fourth-order valence-electron chi connectivity index (χ4n) is 1.35. The van der Waals surface area contributed by atoms with E-state index < -0.39 is 0 Å². The first-order valence-corrected chi connectivity index (χ1v) is 6.89. The Kier molecular flexibility index (Phi) is 7.88. The Morgan fingerprint density at radius 2 is 2.11 bits per heavy atom. The molecule has 0 atom stereocenters. The maximum Gasteiger partial charge on any atom is 0.131 e. The van der Waals surface area contributed by atoms with Crippen molar-refractivity contribution in [2.75, 3.05) is 38.8 Å². The van der Waals surface area contributed by atoms with E-state index in [0.717, 1.165) is 42.2 Å². The van der Waals surface area contributed by atoms with E-state index in [4.69, 9.17) is 9.47 Å². The van der Waals surface area contributed by atoms with Gasteiger partial charge in [-0.1, -0.05) is 6.92 Å². The summed E-state index contributed by atoms with van der Waals surface area (Å²) in [7, 11) is 1.67. The third-order valence-corrected chi connectivity index (χ3v) is 2.67. The van der Waals surface area contributed by atoms with Gasteiger partial charge in [0.25, 0.3) is 0 Å². The standard InChI is InChI=1S/C12H20BrN3O2/c1-3-11-15-10(13)9-12(16-11)14-5-4-6-18-8-7-17-2/h9H,3-8H2,1-2H3,(H,14,15,16). The summed E-state index contributed by atoms with van der Waals surface area (Å²) in [4.78, 5) is 8.64. The number of hydrogen-bond donors (Lipinski definition) is 1. The zero-order chi connectivity index (χ0) is 13.2. The minimum Gasteiger partial charge on any atom is -0.382 e. The van der Waals surface area contributed by atoms with Gasteiger partial charge in [0.15, 0.2) is 0 Å². The molecule has 1 heterocycles. The summed E-state index contributed by atoms with van der Waals surface area (Å²) in [6.45, 7) is 4.89. The monoisotopic (exact) mass is 317 g/mol. The van der Waals surface area contributed by atoms with E-state index in [1.165, 1.54) is 0 Å². The van der Waals surface area contributed by atoms with Gasteiger partial charge in [-0.25, -0.2) is 9.97 Å². The second-order valence-corrected chi connectivity index (χ2v) is 4.54. The number of anilines is 1. The quantitative estimate of drug-likeness (QED) is 0.559. The Morgan fingerprint density at radius 3 is 2.83 bits per heavy atom. The Morgan fingerprint density at radius 1 is 1.28 bits per heavy atom. The molecule has 0 aromatic carbocycles. The highest BCUT2D eigenvalue weighted by molar-refractivity contribution is 9.10. The maximum absolute atomic E-state index is 5.37. The molecule has 1 rings (SSSR count). The van der Waals surface area contributed by atoms with Gasteiger partial charge in [0, 0.05) is 32.7 Å². The highest BCUT2D eigenvalue weighted by Crippen LogP contribution is 2.12. The largest absolute Gasteiger partial charge is 0.382 e. The van der Waals surface area contributed by atoms with E-state index in [9.17, 15) is 0 Å². The number of hydrogen-bond acceptors (Lipinski definition) is 5. The van der Waals surface area contributed by atoms with Crippen LogP contribution in [-0.4, -0.2) is 43.4 Å². The van der Waals surface area contributed by atoms with E-state index >= 15 is 0 Å². The summed E-state index contributed by atoms with van der Waals surface area (Å²) in [5.74, 6) is 1.69. The van der Waals surface area contributed by atoms with Gasteiger partial charge in [-0.05, 0) is 22.4 Å². The molecule has 102 valence electrons. The number of nitrogens with zero attached hydrogens (tertiary/aromatic N) is 2. The number of halogens is 1. The number of aryl methyl sites for hydroxylation is 1. The Bertz CT molecular complexity index is 350. The Balaban J connectivity index is 2.20. The molecular formula is C12H20BrN3O2. The average Bonchev–Trinajstić information content (AvgIpc) is 2.37. The van der Waals surface area contributed by atoms with Crippen molar-refractivity contribution >= 4 is 21.7 Å². The first-order valence-electron chi connectivity index (χ1n) is 6.10. The van der Waals surface area contributed by atoms with Crippen molar-refractivity contribution in [3.63, 3.8) is 0 Å². The molecule has 0 saturated heterocycles. The molecular weight excluding hydrogens is 298 g/mol. The van der Waals surface area contributed by atoms with E-state index in [1.807, 2.05) is 13.0 Å². The van der Waals surface area contributed by atoms with Crippen LogP contribution in [-0.2, 0) is 15.9 Å². The smallest absolute Gasteiger partial charge is 0.131 e. The summed E-state index contributed by atoms with van der Waals surface area (Å²) in [6, 6.07) is 1.88. The predicted octanol–water partition coefficient (Wildman–Crippen LogP) is 2.27. The molecule has 0 aliphatic carbocycles. The van der Waals surface area contributed by atoms with Crippen LogP contribution in [0.25, 0.3) is 0 Å². The third-order valence-electron chi connectivity index (χ3n) is 2.26. The fourth-order valence-corrected chi connectivity index (χ4v) is 1.77. The van der Waals surface area contributed by atoms with Crippen LogP contribution in [0, 0.1) is 0 Å². The molecule has 0 unspecified atom stereocenters. The van der Waals surface area contributed by atoms with Crippen LogP contribution in [0.15, 0.2) is 10.7 Å². The molecule has 0 saturated carbocycles. The molecule has 5 nitrogen and oxygen atoms in total. The number of ether oxygens (including phenoxy) is 2. The van der Waals surface area contributed by atoms with Crippen molar-refractivity contribution < 1.29 is 9.47 Å². The molecule has 0 aliphatic rings. The second-order valence-electron chi connectivity index (χ2n) is 3.73. The zero-order valence-electron chi connectivity index (χ0n) is 10.9. The number of methoxy groups -OCH3 is 1. The maximum atomic E-state index is 5.37. The molecule has 0 aliphatic heterocycles. The van der Waals surface area contributed by atoms with Gasteiger partial charge < -0.3 is 14.8 Å². The van der Waals surface area contributed by atoms with Crippen LogP contribution in [0.1, 0.15) is 19.2 Å². The summed E-state index contributed by atoms with van der Waals surface area (Å²) in [5.41, 5.74) is 0. The van der Waals surface area contributed by atoms with Crippen LogP contribution in [0.3, 0.4) is 0 Å². The topological polar surface area (TPSA) is 56.3 Å². The Labute approximate surface area is 116 Å². The van der Waals surface area contributed by atoms with Crippen molar-refractivity contribution in [1.29, 1.82) is 0 Å².